The zero-order valence-electron chi connectivity index (χ0n) is 16.3. The lowest BCUT2D eigenvalue weighted by molar-refractivity contribution is -0.126. The lowest BCUT2D eigenvalue weighted by Gasteiger charge is -2.31. The van der Waals surface area contributed by atoms with E-state index < -0.39 is 10.0 Å². The Morgan fingerprint density at radius 2 is 2.21 bits per heavy atom. The molecule has 154 valence electrons. The molecule has 1 saturated heterocycles. The van der Waals surface area contributed by atoms with Crippen LogP contribution in [0.2, 0.25) is 0 Å². The van der Waals surface area contributed by atoms with Crippen LogP contribution in [-0.2, 0) is 26.1 Å². The number of methoxy groups -OCH3 is 1. The minimum absolute atomic E-state index is 0.0710. The van der Waals surface area contributed by atoms with Gasteiger partial charge in [-0.25, -0.2) is 13.1 Å². The molecule has 1 aromatic carbocycles. The van der Waals surface area contributed by atoms with Gasteiger partial charge in [-0.15, -0.1) is 5.10 Å². The van der Waals surface area contributed by atoms with Crippen LogP contribution in [0, 0.1) is 5.92 Å². The molecule has 0 saturated carbocycles. The molecule has 9 nitrogen and oxygen atoms in total. The molecule has 1 aromatic heterocycles. The topological polar surface area (TPSA) is 106 Å². The number of carbonyl (C=O) groups excluding carboxylic acids is 1. The predicted octanol–water partition coefficient (Wildman–Crippen LogP) is 1.00. The van der Waals surface area contributed by atoms with Gasteiger partial charge in [0.25, 0.3) is 0 Å². The van der Waals surface area contributed by atoms with Crippen molar-refractivity contribution >= 4 is 27.0 Å². The Hall–Kier alpha value is -2.04. The maximum atomic E-state index is 13.1. The molecule has 1 N–H and O–H groups in total. The van der Waals surface area contributed by atoms with E-state index in [9.17, 15) is 13.2 Å². The number of sulfonamides is 1. The molecule has 28 heavy (non-hydrogen) atoms. The number of nitrogens with zero attached hydrogens (tertiary/aromatic N) is 4. The molecule has 1 amide bonds. The molecular weight excluding hydrogens is 382 g/mol. The molecule has 0 aliphatic carbocycles. The van der Waals surface area contributed by atoms with Crippen LogP contribution in [0.1, 0.15) is 26.2 Å². The first kappa shape index (κ1) is 20.7. The van der Waals surface area contributed by atoms with Crippen LogP contribution in [0.25, 0.3) is 11.0 Å². The summed E-state index contributed by atoms with van der Waals surface area (Å²) >= 11 is 0. The number of amides is 1. The van der Waals surface area contributed by atoms with Crippen molar-refractivity contribution in [2.24, 2.45) is 5.92 Å². The summed E-state index contributed by atoms with van der Waals surface area (Å²) in [6, 6.07) is 4.83. The highest BCUT2D eigenvalue weighted by molar-refractivity contribution is 7.89. The number of piperidine rings is 1. The summed E-state index contributed by atoms with van der Waals surface area (Å²) in [5.41, 5.74) is 1.28. The van der Waals surface area contributed by atoms with Crippen molar-refractivity contribution in [1.82, 2.24) is 24.6 Å². The van der Waals surface area contributed by atoms with E-state index in [-0.39, 0.29) is 23.3 Å². The van der Waals surface area contributed by atoms with E-state index >= 15 is 0 Å². The number of nitrogens with one attached hydrogen (secondary N) is 1. The molecule has 0 radical (unpaired) electrons. The molecule has 10 heteroatoms. The number of ether oxygens (including phenoxy) is 1. The van der Waals surface area contributed by atoms with Gasteiger partial charge >= 0.3 is 0 Å². The SMILES string of the molecule is CCCNC(=O)C1CCCN(S(=O)(=O)c2ccc3c(c2)nnn3CCOC)C1. The molecular formula is C18H27N5O4S. The molecule has 2 aromatic rings. The van der Waals surface area contributed by atoms with E-state index in [1.807, 2.05) is 6.92 Å². The molecule has 0 bridgehead atoms. The predicted molar refractivity (Wildman–Crippen MR) is 104 cm³/mol. The fourth-order valence-electron chi connectivity index (χ4n) is 3.37. The maximum Gasteiger partial charge on any atom is 0.243 e. The molecule has 1 aliphatic rings. The normalized spacial score (nSPS) is 18.4. The largest absolute Gasteiger partial charge is 0.383 e. The molecule has 1 aliphatic heterocycles. The van der Waals surface area contributed by atoms with E-state index in [1.54, 1.807) is 30.0 Å². The monoisotopic (exact) mass is 409 g/mol. The van der Waals surface area contributed by atoms with Crippen LogP contribution in [0.5, 0.6) is 0 Å². The third kappa shape index (κ3) is 4.34. The summed E-state index contributed by atoms with van der Waals surface area (Å²) in [4.78, 5) is 12.4. The summed E-state index contributed by atoms with van der Waals surface area (Å²) < 4.78 is 34.4. The highest BCUT2D eigenvalue weighted by Crippen LogP contribution is 2.25. The minimum Gasteiger partial charge on any atom is -0.383 e. The number of fused-ring (bicyclic) bond motifs is 1. The van der Waals surface area contributed by atoms with Crippen molar-refractivity contribution in [1.29, 1.82) is 0 Å². The Morgan fingerprint density at radius 3 is 2.96 bits per heavy atom. The van der Waals surface area contributed by atoms with Gasteiger partial charge < -0.3 is 10.1 Å². The Kier molecular flexibility index (Phi) is 6.63. The third-order valence-electron chi connectivity index (χ3n) is 4.93. The van der Waals surface area contributed by atoms with Crippen LogP contribution in [0.3, 0.4) is 0 Å². The third-order valence-corrected chi connectivity index (χ3v) is 6.80. The highest BCUT2D eigenvalue weighted by atomic mass is 32.2. The fraction of sp³-hybridized carbons (Fsp3) is 0.611. The van der Waals surface area contributed by atoms with Gasteiger partial charge in [-0.3, -0.25) is 4.79 Å². The molecule has 3 rings (SSSR count). The smallest absolute Gasteiger partial charge is 0.243 e. The van der Waals surface area contributed by atoms with E-state index in [0.717, 1.165) is 11.9 Å². The number of rotatable bonds is 8. The molecule has 1 fully saturated rings. The second kappa shape index (κ2) is 8.97. The minimum atomic E-state index is -3.70. The van der Waals surface area contributed by atoms with Crippen LogP contribution >= 0.6 is 0 Å². The van der Waals surface area contributed by atoms with Crippen LogP contribution in [-0.4, -0.2) is 67.0 Å². The fourth-order valence-corrected chi connectivity index (χ4v) is 4.92. The van der Waals surface area contributed by atoms with Crippen molar-refractivity contribution in [3.05, 3.63) is 18.2 Å². The Bertz CT molecular complexity index is 927. The van der Waals surface area contributed by atoms with Gasteiger partial charge in [0, 0.05) is 26.7 Å². The summed E-state index contributed by atoms with van der Waals surface area (Å²) in [5, 5.41) is 11.0. The first-order valence-electron chi connectivity index (χ1n) is 9.57. The molecule has 1 atom stereocenters. The van der Waals surface area contributed by atoms with Gasteiger partial charge in [0.1, 0.15) is 5.52 Å². The van der Waals surface area contributed by atoms with E-state index in [0.29, 0.717) is 44.6 Å². The van der Waals surface area contributed by atoms with E-state index in [1.165, 1.54) is 4.31 Å². The summed E-state index contributed by atoms with van der Waals surface area (Å²) in [5.74, 6) is -0.382. The second-order valence-corrected chi connectivity index (χ2v) is 8.89. The standard InChI is InChI=1S/C18H27N5O4S/c1-3-8-19-18(24)14-5-4-9-22(13-14)28(25,26)15-6-7-17-16(12-15)20-21-23(17)10-11-27-2/h6-7,12,14H,3-5,8-11,13H2,1-2H3,(H,19,24). The zero-order chi connectivity index (χ0) is 20.1. The van der Waals surface area contributed by atoms with Gasteiger partial charge in [0.2, 0.25) is 15.9 Å². The lowest BCUT2D eigenvalue weighted by Crippen LogP contribution is -2.45. The second-order valence-electron chi connectivity index (χ2n) is 6.95. The average Bonchev–Trinajstić information content (AvgIpc) is 3.12. The van der Waals surface area contributed by atoms with Gasteiger partial charge in [0.05, 0.1) is 29.5 Å². The van der Waals surface area contributed by atoms with Crippen molar-refractivity contribution in [2.45, 2.75) is 37.6 Å². The zero-order valence-corrected chi connectivity index (χ0v) is 17.1. The molecule has 2 heterocycles. The van der Waals surface area contributed by atoms with Crippen molar-refractivity contribution in [2.75, 3.05) is 33.4 Å². The van der Waals surface area contributed by atoms with E-state index in [4.69, 9.17) is 4.74 Å². The van der Waals surface area contributed by atoms with Crippen molar-refractivity contribution in [3.8, 4) is 0 Å². The van der Waals surface area contributed by atoms with Gasteiger partial charge in [-0.1, -0.05) is 12.1 Å². The first-order chi connectivity index (χ1) is 13.5. The van der Waals surface area contributed by atoms with Crippen LogP contribution in [0.15, 0.2) is 23.1 Å². The van der Waals surface area contributed by atoms with Crippen LogP contribution < -0.4 is 5.32 Å². The number of hydrogen-bond acceptors (Lipinski definition) is 6. The maximum absolute atomic E-state index is 13.1. The van der Waals surface area contributed by atoms with E-state index in [2.05, 4.69) is 15.6 Å². The number of benzene rings is 1. The number of carbonyl (C=O) groups is 1. The summed E-state index contributed by atoms with van der Waals surface area (Å²) in [6.45, 7) is 4.25. The Balaban J connectivity index is 1.79. The van der Waals surface area contributed by atoms with Gasteiger partial charge in [-0.05, 0) is 37.5 Å². The van der Waals surface area contributed by atoms with Crippen molar-refractivity contribution in [3.63, 3.8) is 0 Å². The Morgan fingerprint density at radius 1 is 1.39 bits per heavy atom. The summed E-state index contributed by atoms with van der Waals surface area (Å²) in [7, 11) is -2.09. The van der Waals surface area contributed by atoms with Crippen molar-refractivity contribution < 1.29 is 17.9 Å². The molecule has 1 unspecified atom stereocenters. The first-order valence-corrected chi connectivity index (χ1v) is 11.0. The highest BCUT2D eigenvalue weighted by Gasteiger charge is 2.33. The number of aromatic nitrogens is 3. The summed E-state index contributed by atoms with van der Waals surface area (Å²) in [6.07, 6.45) is 2.22. The quantitative estimate of drug-likeness (QED) is 0.697. The number of hydrogen-bond donors (Lipinski definition) is 1. The Labute approximate surface area is 165 Å². The van der Waals surface area contributed by atoms with Crippen LogP contribution in [0.4, 0.5) is 0 Å². The average molecular weight is 410 g/mol. The lowest BCUT2D eigenvalue weighted by atomic mass is 9.99. The molecule has 0 spiro atoms. The van der Waals surface area contributed by atoms with Gasteiger partial charge in [-0.2, -0.15) is 4.31 Å². The van der Waals surface area contributed by atoms with Gasteiger partial charge in [0.15, 0.2) is 0 Å².